The fraction of sp³-hybridized carbons (Fsp3) is 0.763. The zero-order valence-corrected chi connectivity index (χ0v) is 32.1. The molecule has 0 aliphatic carbocycles. The summed E-state index contributed by atoms with van der Waals surface area (Å²) in [5.74, 6) is -3.11. The van der Waals surface area contributed by atoms with Gasteiger partial charge in [0.2, 0.25) is 0 Å². The number of likely N-dealkylation sites (N-methyl/N-ethyl adjacent to an activating group) is 1. The molecule has 1 aromatic carbocycles. The normalized spacial score (nSPS) is 40.1. The van der Waals surface area contributed by atoms with Crippen LogP contribution >= 0.6 is 0 Å². The first-order valence-corrected chi connectivity index (χ1v) is 18.5. The van der Waals surface area contributed by atoms with E-state index in [0.29, 0.717) is 38.9 Å². The van der Waals surface area contributed by atoms with Gasteiger partial charge in [0.05, 0.1) is 23.9 Å². The number of alkyl carbamates (subject to hydrolysis) is 1. The Morgan fingerprint density at radius 1 is 1.08 bits per heavy atom. The zero-order valence-electron chi connectivity index (χ0n) is 32.1. The smallest absolute Gasteiger partial charge is 0.408 e. The highest BCUT2D eigenvalue weighted by Gasteiger charge is 2.55. The van der Waals surface area contributed by atoms with Gasteiger partial charge in [-0.2, -0.15) is 0 Å². The number of fused-ring (bicyclic) bond motifs is 1. The second-order valence-electron chi connectivity index (χ2n) is 15.5. The summed E-state index contributed by atoms with van der Waals surface area (Å²) in [5.41, 5.74) is -1.05. The number of hydrogen-bond acceptors (Lipinski definition) is 12. The molecule has 3 heterocycles. The molecule has 3 aliphatic rings. The molecule has 13 atom stereocenters. The first kappa shape index (κ1) is 41.1. The Labute approximate surface area is 303 Å². The molecule has 13 nitrogen and oxygen atoms in total. The number of cyclic esters (lactones) is 1. The van der Waals surface area contributed by atoms with E-state index in [0.717, 1.165) is 5.56 Å². The molecule has 0 aromatic heterocycles. The molecule has 0 bridgehead atoms. The minimum Gasteiger partial charge on any atom is -0.458 e. The van der Waals surface area contributed by atoms with Crippen molar-refractivity contribution in [2.75, 3.05) is 34.3 Å². The van der Waals surface area contributed by atoms with Gasteiger partial charge in [0, 0.05) is 38.2 Å². The van der Waals surface area contributed by atoms with Crippen LogP contribution in [0.25, 0.3) is 0 Å². The number of esters is 1. The third kappa shape index (κ3) is 9.48. The zero-order chi connectivity index (χ0) is 37.7. The van der Waals surface area contributed by atoms with Crippen LogP contribution in [0.2, 0.25) is 0 Å². The van der Waals surface area contributed by atoms with Gasteiger partial charge in [-0.05, 0) is 79.1 Å². The second kappa shape index (κ2) is 17.5. The van der Waals surface area contributed by atoms with Crippen LogP contribution in [0.15, 0.2) is 30.3 Å². The maximum absolute atomic E-state index is 14.3. The number of ketones is 1. The van der Waals surface area contributed by atoms with E-state index in [4.69, 9.17) is 23.7 Å². The van der Waals surface area contributed by atoms with Crippen LogP contribution in [0.1, 0.15) is 73.3 Å². The number of benzene rings is 1. The van der Waals surface area contributed by atoms with Gasteiger partial charge in [0.25, 0.3) is 0 Å². The molecule has 4 unspecified atom stereocenters. The van der Waals surface area contributed by atoms with Crippen LogP contribution in [0.5, 0.6) is 0 Å². The predicted octanol–water partition coefficient (Wildman–Crippen LogP) is 3.02. The summed E-state index contributed by atoms with van der Waals surface area (Å²) in [6.07, 6.45) is -3.27. The average molecular weight is 719 g/mol. The molecule has 4 rings (SSSR count). The number of Topliss-reactive ketones (excluding diaryl/α,β-unsaturated/α-hetero) is 1. The van der Waals surface area contributed by atoms with Gasteiger partial charge in [-0.3, -0.25) is 9.59 Å². The first-order chi connectivity index (χ1) is 24.0. The number of aliphatic hydroxyl groups excluding tert-OH is 1. The molecule has 3 aliphatic heterocycles. The molecule has 3 fully saturated rings. The Morgan fingerprint density at radius 2 is 1.76 bits per heavy atom. The van der Waals surface area contributed by atoms with Crippen molar-refractivity contribution in [2.24, 2.45) is 17.8 Å². The van der Waals surface area contributed by atoms with E-state index in [1.807, 2.05) is 58.0 Å². The quantitative estimate of drug-likeness (QED) is 0.219. The highest BCUT2D eigenvalue weighted by Crippen LogP contribution is 2.37. The molecule has 51 heavy (non-hydrogen) atoms. The highest BCUT2D eigenvalue weighted by molar-refractivity contribution is 6.00. The Balaban J connectivity index is 1.64. The lowest BCUT2D eigenvalue weighted by Crippen LogP contribution is -2.60. The largest absolute Gasteiger partial charge is 0.458 e. The lowest BCUT2D eigenvalue weighted by Gasteiger charge is -2.47. The minimum atomic E-state index is -1.16. The average Bonchev–Trinajstić information content (AvgIpc) is 3.42. The molecule has 0 saturated carbocycles. The summed E-state index contributed by atoms with van der Waals surface area (Å²) in [6, 6.07) is 9.07. The van der Waals surface area contributed by atoms with Crippen LogP contribution in [0.3, 0.4) is 0 Å². The van der Waals surface area contributed by atoms with Crippen LogP contribution < -0.4 is 16.0 Å². The molecule has 13 heteroatoms. The van der Waals surface area contributed by atoms with E-state index in [1.54, 1.807) is 21.0 Å². The number of nitrogens with zero attached hydrogens (tertiary/aromatic N) is 1. The maximum atomic E-state index is 14.3. The topological polar surface area (TPSA) is 157 Å². The van der Waals surface area contributed by atoms with Crippen molar-refractivity contribution in [3.8, 4) is 0 Å². The first-order valence-electron chi connectivity index (χ1n) is 18.5. The fourth-order valence-electron chi connectivity index (χ4n) is 8.13. The number of aliphatic hydroxyl groups is 1. The lowest BCUT2D eigenvalue weighted by atomic mass is 9.78. The van der Waals surface area contributed by atoms with E-state index in [1.165, 1.54) is 6.92 Å². The van der Waals surface area contributed by atoms with E-state index in [-0.39, 0.29) is 24.1 Å². The van der Waals surface area contributed by atoms with E-state index in [9.17, 15) is 19.5 Å². The molecular weight excluding hydrogens is 656 g/mol. The summed E-state index contributed by atoms with van der Waals surface area (Å²) in [7, 11) is 5.41. The molecule has 288 valence electrons. The fourth-order valence-corrected chi connectivity index (χ4v) is 8.13. The molecule has 0 spiro atoms. The van der Waals surface area contributed by atoms with Gasteiger partial charge < -0.3 is 49.6 Å². The number of methoxy groups -OCH3 is 1. The van der Waals surface area contributed by atoms with Gasteiger partial charge in [-0.25, -0.2) is 4.79 Å². The lowest BCUT2D eigenvalue weighted by molar-refractivity contribution is -0.297. The van der Waals surface area contributed by atoms with Crippen molar-refractivity contribution in [2.45, 2.75) is 134 Å². The summed E-state index contributed by atoms with van der Waals surface area (Å²) in [6.45, 7) is 14.5. The number of rotatable bonds is 9. The van der Waals surface area contributed by atoms with E-state index < -0.39 is 71.5 Å². The van der Waals surface area contributed by atoms with Crippen molar-refractivity contribution in [1.29, 1.82) is 0 Å². The van der Waals surface area contributed by atoms with Gasteiger partial charge in [0.1, 0.15) is 18.1 Å². The number of carbonyl (C=O) groups is 3. The Hall–Kier alpha value is -2.65. The Bertz CT molecular complexity index is 1320. The number of carbonyl (C=O) groups excluding carboxylic acids is 3. The molecule has 1 aromatic rings. The Morgan fingerprint density at radius 3 is 2.39 bits per heavy atom. The van der Waals surface area contributed by atoms with Gasteiger partial charge >= 0.3 is 12.1 Å². The van der Waals surface area contributed by atoms with Crippen LogP contribution in [0.4, 0.5) is 4.79 Å². The molecular formula is C38H62N4O9. The van der Waals surface area contributed by atoms with Crippen molar-refractivity contribution >= 4 is 17.8 Å². The molecule has 1 amide bonds. The molecule has 3 saturated heterocycles. The number of ether oxygens (including phenoxy) is 5. The van der Waals surface area contributed by atoms with Crippen molar-refractivity contribution < 1.29 is 43.2 Å². The third-order valence-electron chi connectivity index (χ3n) is 11.3. The summed E-state index contributed by atoms with van der Waals surface area (Å²) in [5, 5.41) is 21.6. The minimum absolute atomic E-state index is 0.0131. The second-order valence-corrected chi connectivity index (χ2v) is 15.5. The van der Waals surface area contributed by atoms with Crippen molar-refractivity contribution in [3.63, 3.8) is 0 Å². The SMILES string of the molecule is CC[C@H]1OC(=O)C(C)C(=O)[C@H](C)[C@@H](O[C@@H]2OC(CNCc3ccccc3)CC(N(C)C)C2O)[C@](C)(OC)C[C@@H](C)CN[C@H](C)[C@H]2NC(=O)O[C@@]21C. The number of nitrogens with one attached hydrogen (secondary N) is 3. The van der Waals surface area contributed by atoms with Gasteiger partial charge in [0.15, 0.2) is 17.7 Å². The summed E-state index contributed by atoms with van der Waals surface area (Å²) < 4.78 is 31.2. The molecule has 4 N–H and O–H groups in total. The number of amides is 1. The van der Waals surface area contributed by atoms with Crippen LogP contribution in [0, 0.1) is 17.8 Å². The summed E-state index contributed by atoms with van der Waals surface area (Å²) >= 11 is 0. The third-order valence-corrected chi connectivity index (χ3v) is 11.3. The standard InChI is InChI=1S/C38H62N4O9/c1-11-29-38(7)32(41-36(46)51-38)25(5)40-19-22(2)18-37(6,47-10)33(23(3)30(43)24(4)34(45)49-29)50-35-31(44)28(42(8)9)17-27(48-35)21-39-20-26-15-13-12-14-16-26/h12-16,22-25,27-29,31-33,35,39-40,44H,11,17-21H2,1-10H3,(H,41,46)/t22-,23+,24?,25-,27?,28?,29-,31?,32-,33-,35+,37-,38-/m1/s1. The molecule has 0 radical (unpaired) electrons. The monoisotopic (exact) mass is 718 g/mol. The van der Waals surface area contributed by atoms with Crippen LogP contribution in [-0.4, -0.2) is 122 Å². The predicted molar refractivity (Wildman–Crippen MR) is 192 cm³/mol. The van der Waals surface area contributed by atoms with Crippen molar-refractivity contribution in [3.05, 3.63) is 35.9 Å². The number of hydrogen-bond donors (Lipinski definition) is 4. The van der Waals surface area contributed by atoms with Crippen molar-refractivity contribution in [1.82, 2.24) is 20.9 Å². The van der Waals surface area contributed by atoms with Gasteiger partial charge in [-0.15, -0.1) is 0 Å². The summed E-state index contributed by atoms with van der Waals surface area (Å²) in [4.78, 5) is 42.5. The van der Waals surface area contributed by atoms with E-state index in [2.05, 4.69) is 35.0 Å². The Kier molecular flexibility index (Phi) is 14.1. The highest BCUT2D eigenvalue weighted by atomic mass is 16.7. The van der Waals surface area contributed by atoms with Crippen LogP contribution in [-0.2, 0) is 39.8 Å². The van der Waals surface area contributed by atoms with E-state index >= 15 is 0 Å². The maximum Gasteiger partial charge on any atom is 0.408 e. The van der Waals surface area contributed by atoms with Gasteiger partial charge in [-0.1, -0.05) is 51.1 Å².